The van der Waals surface area contributed by atoms with Crippen LogP contribution in [0.5, 0.6) is 5.75 Å². The predicted molar refractivity (Wildman–Crippen MR) is 114 cm³/mol. The number of sulfonamides is 1. The third-order valence-electron chi connectivity index (χ3n) is 5.07. The first-order valence-corrected chi connectivity index (χ1v) is 11.5. The quantitative estimate of drug-likeness (QED) is 0.741. The minimum absolute atomic E-state index is 0.0713. The van der Waals surface area contributed by atoms with E-state index in [2.05, 4.69) is 5.32 Å². The molecule has 0 saturated carbocycles. The Morgan fingerprint density at radius 2 is 1.77 bits per heavy atom. The van der Waals surface area contributed by atoms with E-state index in [0.29, 0.717) is 31.1 Å². The lowest BCUT2D eigenvalue weighted by atomic mass is 9.94. The van der Waals surface area contributed by atoms with E-state index in [9.17, 15) is 17.6 Å². The van der Waals surface area contributed by atoms with E-state index in [0.717, 1.165) is 18.6 Å². The molecule has 0 unspecified atom stereocenters. The molecule has 3 rings (SSSR count). The molecule has 1 aliphatic heterocycles. The predicted octanol–water partition coefficient (Wildman–Crippen LogP) is 4.14. The second kappa shape index (κ2) is 9.14. The fraction of sp³-hybridized carbons (Fsp3) is 0.409. The lowest BCUT2D eigenvalue weighted by Crippen LogP contribution is -2.42. The highest BCUT2D eigenvalue weighted by atomic mass is 32.2. The number of nitrogens with one attached hydrogen (secondary N) is 1. The zero-order valence-corrected chi connectivity index (χ0v) is 18.2. The van der Waals surface area contributed by atoms with Crippen molar-refractivity contribution in [2.45, 2.75) is 32.1 Å². The Hall–Kier alpha value is -2.45. The summed E-state index contributed by atoms with van der Waals surface area (Å²) in [6.07, 6.45) is 0.930. The molecule has 6 nitrogen and oxygen atoms in total. The number of anilines is 1. The molecule has 1 N–H and O–H groups in total. The largest absolute Gasteiger partial charge is 0.494 e. The van der Waals surface area contributed by atoms with E-state index in [1.807, 2.05) is 20.8 Å². The van der Waals surface area contributed by atoms with Crippen LogP contribution in [-0.4, -0.2) is 38.3 Å². The van der Waals surface area contributed by atoms with Crippen molar-refractivity contribution in [1.82, 2.24) is 4.31 Å². The Balaban J connectivity index is 1.82. The average molecular weight is 435 g/mol. The maximum Gasteiger partial charge on any atom is 0.255 e. The Labute approximate surface area is 177 Å². The number of benzene rings is 2. The smallest absolute Gasteiger partial charge is 0.255 e. The van der Waals surface area contributed by atoms with Gasteiger partial charge in [-0.2, -0.15) is 4.31 Å². The maximum atomic E-state index is 14.5. The van der Waals surface area contributed by atoms with Gasteiger partial charge in [0.15, 0.2) is 0 Å². The van der Waals surface area contributed by atoms with Crippen LogP contribution < -0.4 is 10.1 Å². The summed E-state index contributed by atoms with van der Waals surface area (Å²) in [4.78, 5) is 12.2. The normalized spacial score (nSPS) is 20.0. The van der Waals surface area contributed by atoms with Crippen LogP contribution in [0.2, 0.25) is 0 Å². The van der Waals surface area contributed by atoms with Gasteiger partial charge >= 0.3 is 0 Å². The van der Waals surface area contributed by atoms with Gasteiger partial charge in [0.1, 0.15) is 16.5 Å². The van der Waals surface area contributed by atoms with E-state index in [-0.39, 0.29) is 17.4 Å². The third kappa shape index (κ3) is 4.99. The molecule has 2 aromatic carbocycles. The number of hydrogen-bond donors (Lipinski definition) is 1. The summed E-state index contributed by atoms with van der Waals surface area (Å²) in [7, 11) is -4.04. The number of carbonyl (C=O) groups excluding carboxylic acids is 1. The van der Waals surface area contributed by atoms with Crippen molar-refractivity contribution in [2.24, 2.45) is 11.8 Å². The van der Waals surface area contributed by atoms with Crippen molar-refractivity contribution in [3.05, 3.63) is 53.8 Å². The summed E-state index contributed by atoms with van der Waals surface area (Å²) in [6.45, 7) is 7.06. The van der Waals surface area contributed by atoms with Crippen LogP contribution in [-0.2, 0) is 10.0 Å². The van der Waals surface area contributed by atoms with E-state index in [1.165, 1.54) is 10.4 Å². The molecule has 0 aliphatic carbocycles. The summed E-state index contributed by atoms with van der Waals surface area (Å²) in [5.74, 6) is -0.319. The van der Waals surface area contributed by atoms with Crippen LogP contribution in [0, 0.1) is 17.7 Å². The number of nitrogens with zero attached hydrogens (tertiary/aromatic N) is 1. The number of rotatable bonds is 6. The van der Waals surface area contributed by atoms with Crippen molar-refractivity contribution in [2.75, 3.05) is 25.0 Å². The van der Waals surface area contributed by atoms with Crippen LogP contribution in [0.25, 0.3) is 0 Å². The molecule has 0 spiro atoms. The molecule has 162 valence electrons. The molecule has 1 amide bonds. The standard InChI is InChI=1S/C22H27FN2O4S/c1-4-29-19-8-6-18(7-9-19)24-22(26)17-5-10-20(23)21(12-17)30(27,28)25-13-15(2)11-16(3)14-25/h5-10,12,15-16H,4,11,13-14H2,1-3H3,(H,24,26)/t15-,16-/m1/s1. The van der Waals surface area contributed by atoms with Crippen molar-refractivity contribution in [1.29, 1.82) is 0 Å². The molecule has 2 atom stereocenters. The summed E-state index contributed by atoms with van der Waals surface area (Å²) < 4.78 is 47.3. The van der Waals surface area contributed by atoms with Crippen LogP contribution in [0.1, 0.15) is 37.6 Å². The van der Waals surface area contributed by atoms with E-state index >= 15 is 0 Å². The van der Waals surface area contributed by atoms with Crippen molar-refractivity contribution >= 4 is 21.6 Å². The fourth-order valence-electron chi connectivity index (χ4n) is 3.79. The van der Waals surface area contributed by atoms with Gasteiger partial charge < -0.3 is 10.1 Å². The maximum absolute atomic E-state index is 14.5. The molecule has 1 fully saturated rings. The second-order valence-electron chi connectivity index (χ2n) is 7.82. The molecule has 0 aromatic heterocycles. The van der Waals surface area contributed by atoms with Crippen molar-refractivity contribution in [3.63, 3.8) is 0 Å². The van der Waals surface area contributed by atoms with Crippen LogP contribution in [0.3, 0.4) is 0 Å². The molecule has 0 bridgehead atoms. The van der Waals surface area contributed by atoms with Crippen LogP contribution in [0.4, 0.5) is 10.1 Å². The zero-order chi connectivity index (χ0) is 21.9. The van der Waals surface area contributed by atoms with Gasteiger partial charge in [0.05, 0.1) is 6.61 Å². The average Bonchev–Trinajstić information content (AvgIpc) is 2.69. The highest BCUT2D eigenvalue weighted by Crippen LogP contribution is 2.28. The lowest BCUT2D eigenvalue weighted by molar-refractivity contribution is 0.102. The first-order chi connectivity index (χ1) is 14.2. The van der Waals surface area contributed by atoms with Crippen LogP contribution >= 0.6 is 0 Å². The minimum atomic E-state index is -4.04. The number of halogens is 1. The second-order valence-corrected chi connectivity index (χ2v) is 9.73. The molecule has 30 heavy (non-hydrogen) atoms. The van der Waals surface area contributed by atoms with Crippen molar-refractivity contribution < 1.29 is 22.3 Å². The first-order valence-electron chi connectivity index (χ1n) is 10.0. The highest BCUT2D eigenvalue weighted by molar-refractivity contribution is 7.89. The summed E-state index contributed by atoms with van der Waals surface area (Å²) in [5.41, 5.74) is 0.595. The number of amides is 1. The minimum Gasteiger partial charge on any atom is -0.494 e. The van der Waals surface area contributed by atoms with Gasteiger partial charge in [0.2, 0.25) is 10.0 Å². The van der Waals surface area contributed by atoms with E-state index in [1.54, 1.807) is 24.3 Å². The third-order valence-corrected chi connectivity index (χ3v) is 6.92. The monoisotopic (exact) mass is 434 g/mol. The summed E-state index contributed by atoms with van der Waals surface area (Å²) >= 11 is 0. The van der Waals surface area contributed by atoms with Gasteiger partial charge in [-0.1, -0.05) is 13.8 Å². The van der Waals surface area contributed by atoms with Gasteiger partial charge in [0.25, 0.3) is 5.91 Å². The van der Waals surface area contributed by atoms with E-state index < -0.39 is 26.6 Å². The molecule has 8 heteroatoms. The fourth-order valence-corrected chi connectivity index (χ4v) is 5.56. The molecule has 1 heterocycles. The number of ether oxygens (including phenoxy) is 1. The molecule has 2 aromatic rings. The molecular weight excluding hydrogens is 407 g/mol. The van der Waals surface area contributed by atoms with Gasteiger partial charge in [0, 0.05) is 24.3 Å². The molecule has 1 aliphatic rings. The molecule has 1 saturated heterocycles. The number of piperidine rings is 1. The molecule has 0 radical (unpaired) electrons. The Morgan fingerprint density at radius 1 is 1.13 bits per heavy atom. The lowest BCUT2D eigenvalue weighted by Gasteiger charge is -2.34. The molecular formula is C22H27FN2O4S. The Morgan fingerprint density at radius 3 is 2.37 bits per heavy atom. The SMILES string of the molecule is CCOc1ccc(NC(=O)c2ccc(F)c(S(=O)(=O)N3C[C@H](C)C[C@@H](C)C3)c2)cc1. The topological polar surface area (TPSA) is 75.7 Å². The van der Waals surface area contributed by atoms with Gasteiger partial charge in [-0.05, 0) is 67.6 Å². The van der Waals surface area contributed by atoms with E-state index in [4.69, 9.17) is 4.74 Å². The highest BCUT2D eigenvalue weighted by Gasteiger charge is 2.33. The van der Waals surface area contributed by atoms with Crippen molar-refractivity contribution in [3.8, 4) is 5.75 Å². The zero-order valence-electron chi connectivity index (χ0n) is 17.4. The number of hydrogen-bond acceptors (Lipinski definition) is 4. The summed E-state index contributed by atoms with van der Waals surface area (Å²) in [5, 5.41) is 2.69. The number of carbonyl (C=O) groups is 1. The summed E-state index contributed by atoms with van der Waals surface area (Å²) in [6, 6.07) is 10.2. The Kier molecular flexibility index (Phi) is 6.77. The Bertz CT molecular complexity index is 998. The van der Waals surface area contributed by atoms with Gasteiger partial charge in [-0.25, -0.2) is 12.8 Å². The van der Waals surface area contributed by atoms with Gasteiger partial charge in [-0.15, -0.1) is 0 Å². The van der Waals surface area contributed by atoms with Gasteiger partial charge in [-0.3, -0.25) is 4.79 Å². The van der Waals surface area contributed by atoms with Crippen LogP contribution in [0.15, 0.2) is 47.4 Å². The first kappa shape index (κ1) is 22.2.